The van der Waals surface area contributed by atoms with Crippen LogP contribution < -0.4 is 4.74 Å². The van der Waals surface area contributed by atoms with E-state index >= 15 is 0 Å². The quantitative estimate of drug-likeness (QED) is 0.321. The highest BCUT2D eigenvalue weighted by atomic mass is 32.1. The van der Waals surface area contributed by atoms with Crippen LogP contribution in [0.3, 0.4) is 0 Å². The number of likely N-dealkylation sites (tertiary alicyclic amines) is 1. The van der Waals surface area contributed by atoms with Crippen molar-refractivity contribution in [2.75, 3.05) is 7.11 Å². The van der Waals surface area contributed by atoms with Crippen LogP contribution in [0, 0.1) is 20.8 Å². The number of aliphatic hydroxyl groups is 1. The van der Waals surface area contributed by atoms with Crippen LogP contribution in [0.2, 0.25) is 0 Å². The van der Waals surface area contributed by atoms with Gasteiger partial charge < -0.3 is 14.7 Å². The van der Waals surface area contributed by atoms with Crippen molar-refractivity contribution >= 4 is 40.1 Å². The lowest BCUT2D eigenvalue weighted by molar-refractivity contribution is -0.140. The van der Waals surface area contributed by atoms with Crippen LogP contribution in [0.1, 0.15) is 38.0 Å². The zero-order chi connectivity index (χ0) is 22.3. The van der Waals surface area contributed by atoms with E-state index in [1.54, 1.807) is 18.1 Å². The summed E-state index contributed by atoms with van der Waals surface area (Å²) in [6.45, 7) is 6.01. The molecule has 3 aromatic rings. The molecular weight excluding hydrogens is 430 g/mol. The molecule has 160 valence electrons. The maximum absolute atomic E-state index is 13.2. The summed E-state index contributed by atoms with van der Waals surface area (Å²) in [5, 5.41) is 15.2. The van der Waals surface area contributed by atoms with E-state index in [0.717, 1.165) is 26.4 Å². The van der Waals surface area contributed by atoms with Gasteiger partial charge in [-0.05, 0) is 72.5 Å². The highest BCUT2D eigenvalue weighted by Crippen LogP contribution is 2.44. The Hall–Kier alpha value is -2.90. The summed E-state index contributed by atoms with van der Waals surface area (Å²) in [6.07, 6.45) is 0. The van der Waals surface area contributed by atoms with Gasteiger partial charge in [-0.2, -0.15) is 0 Å². The number of amides is 1. The molecule has 1 fully saturated rings. The van der Waals surface area contributed by atoms with Gasteiger partial charge >= 0.3 is 0 Å². The normalized spacial score (nSPS) is 18.1. The average Bonchev–Trinajstić information content (AvgIpc) is 3.46. The summed E-state index contributed by atoms with van der Waals surface area (Å²) in [6, 6.07) is 8.84. The van der Waals surface area contributed by atoms with Gasteiger partial charge in [-0.3, -0.25) is 9.59 Å². The Morgan fingerprint density at radius 1 is 1.06 bits per heavy atom. The maximum Gasteiger partial charge on any atom is 0.296 e. The van der Waals surface area contributed by atoms with Crippen LogP contribution in [-0.2, 0) is 16.1 Å². The van der Waals surface area contributed by atoms with E-state index in [1.165, 1.54) is 22.7 Å². The lowest BCUT2D eigenvalue weighted by Gasteiger charge is -2.24. The first-order chi connectivity index (χ1) is 14.8. The molecule has 0 spiro atoms. The molecule has 0 aliphatic carbocycles. The molecule has 0 bridgehead atoms. The molecule has 1 N–H and O–H groups in total. The third-order valence-corrected chi connectivity index (χ3v) is 7.53. The molecule has 0 saturated carbocycles. The van der Waals surface area contributed by atoms with Gasteiger partial charge in [0.25, 0.3) is 11.7 Å². The van der Waals surface area contributed by atoms with E-state index < -0.39 is 17.7 Å². The van der Waals surface area contributed by atoms with Crippen LogP contribution in [0.15, 0.2) is 46.7 Å². The minimum atomic E-state index is -0.653. The third kappa shape index (κ3) is 3.68. The Balaban J connectivity index is 1.90. The van der Waals surface area contributed by atoms with Crippen LogP contribution >= 0.6 is 22.7 Å². The molecule has 3 heterocycles. The fourth-order valence-corrected chi connectivity index (χ4v) is 5.71. The van der Waals surface area contributed by atoms with Crippen molar-refractivity contribution in [2.24, 2.45) is 0 Å². The van der Waals surface area contributed by atoms with Gasteiger partial charge in [0.1, 0.15) is 17.6 Å². The number of hydrogen-bond donors (Lipinski definition) is 1. The zero-order valence-corrected chi connectivity index (χ0v) is 19.4. The van der Waals surface area contributed by atoms with Crippen LogP contribution in [0.5, 0.6) is 5.75 Å². The largest absolute Gasteiger partial charge is 0.507 e. The first kappa shape index (κ1) is 21.3. The second-order valence-electron chi connectivity index (χ2n) is 7.61. The molecule has 1 aliphatic rings. The van der Waals surface area contributed by atoms with E-state index in [1.807, 2.05) is 55.8 Å². The number of carbonyl (C=O) groups is 2. The van der Waals surface area contributed by atoms with Crippen LogP contribution in [0.25, 0.3) is 5.76 Å². The van der Waals surface area contributed by atoms with Crippen molar-refractivity contribution in [3.05, 3.63) is 78.7 Å². The van der Waals surface area contributed by atoms with Gasteiger partial charge in [0, 0.05) is 15.3 Å². The topological polar surface area (TPSA) is 66.8 Å². The second kappa shape index (κ2) is 8.32. The summed E-state index contributed by atoms with van der Waals surface area (Å²) in [7, 11) is 1.59. The van der Waals surface area contributed by atoms with Crippen molar-refractivity contribution in [2.45, 2.75) is 33.4 Å². The van der Waals surface area contributed by atoms with Crippen molar-refractivity contribution in [1.29, 1.82) is 0 Å². The van der Waals surface area contributed by atoms with Crippen molar-refractivity contribution < 1.29 is 19.4 Å². The molecule has 1 amide bonds. The molecule has 1 aromatic carbocycles. The fraction of sp³-hybridized carbons (Fsp3) is 0.250. The molecule has 1 unspecified atom stereocenters. The Morgan fingerprint density at radius 3 is 2.45 bits per heavy atom. The number of thiophene rings is 2. The third-order valence-electron chi connectivity index (χ3n) is 5.59. The SMILES string of the molecule is COc1cc(C)c(/C(O)=C2\C(=O)C(=O)N(Cc3cccs3)C2c2sccc2C)cc1C. The molecular formula is C24H23NO4S2. The number of nitrogens with zero attached hydrogens (tertiary/aromatic N) is 1. The minimum Gasteiger partial charge on any atom is -0.507 e. The highest BCUT2D eigenvalue weighted by Gasteiger charge is 2.47. The minimum absolute atomic E-state index is 0.139. The molecule has 31 heavy (non-hydrogen) atoms. The molecule has 5 nitrogen and oxygen atoms in total. The predicted molar refractivity (Wildman–Crippen MR) is 124 cm³/mol. The Bertz CT molecular complexity index is 1190. The highest BCUT2D eigenvalue weighted by molar-refractivity contribution is 7.10. The Labute approximate surface area is 189 Å². The van der Waals surface area contributed by atoms with Crippen molar-refractivity contribution in [3.63, 3.8) is 0 Å². The number of benzene rings is 1. The van der Waals surface area contributed by atoms with Crippen LogP contribution in [0.4, 0.5) is 0 Å². The van der Waals surface area contributed by atoms with Gasteiger partial charge in [-0.1, -0.05) is 6.07 Å². The number of ketones is 1. The van der Waals surface area contributed by atoms with Crippen LogP contribution in [-0.4, -0.2) is 28.8 Å². The number of hydrogen-bond acceptors (Lipinski definition) is 6. The smallest absolute Gasteiger partial charge is 0.296 e. The lowest BCUT2D eigenvalue weighted by atomic mass is 9.95. The molecule has 0 radical (unpaired) electrons. The number of carbonyl (C=O) groups excluding carboxylic acids is 2. The number of ether oxygens (including phenoxy) is 1. The molecule has 7 heteroatoms. The molecule has 1 aliphatic heterocycles. The van der Waals surface area contributed by atoms with E-state index in [-0.39, 0.29) is 11.3 Å². The monoisotopic (exact) mass is 453 g/mol. The predicted octanol–water partition coefficient (Wildman–Crippen LogP) is 5.37. The Morgan fingerprint density at radius 2 is 1.84 bits per heavy atom. The van der Waals surface area contributed by atoms with Gasteiger partial charge in [-0.25, -0.2) is 0 Å². The number of Topliss-reactive ketones (excluding diaryl/α,β-unsaturated/α-hetero) is 1. The zero-order valence-electron chi connectivity index (χ0n) is 17.8. The number of methoxy groups -OCH3 is 1. The van der Waals surface area contributed by atoms with E-state index in [9.17, 15) is 14.7 Å². The van der Waals surface area contributed by atoms with Crippen molar-refractivity contribution in [3.8, 4) is 5.75 Å². The molecule has 4 rings (SSSR count). The molecule has 2 aromatic heterocycles. The van der Waals surface area contributed by atoms with Gasteiger partial charge in [0.15, 0.2) is 0 Å². The summed E-state index contributed by atoms with van der Waals surface area (Å²) in [5.41, 5.74) is 3.27. The first-order valence-electron chi connectivity index (χ1n) is 9.83. The summed E-state index contributed by atoms with van der Waals surface area (Å²) in [4.78, 5) is 29.7. The Kier molecular flexibility index (Phi) is 5.73. The number of aliphatic hydroxyl groups excluding tert-OH is 1. The number of rotatable bonds is 5. The first-order valence-corrected chi connectivity index (χ1v) is 11.6. The van der Waals surface area contributed by atoms with Gasteiger partial charge in [0.05, 0.1) is 19.2 Å². The maximum atomic E-state index is 13.2. The summed E-state index contributed by atoms with van der Waals surface area (Å²) in [5.74, 6) is -0.679. The second-order valence-corrected chi connectivity index (χ2v) is 9.59. The average molecular weight is 454 g/mol. The van der Waals surface area contributed by atoms with Gasteiger partial charge in [0.2, 0.25) is 0 Å². The lowest BCUT2D eigenvalue weighted by Crippen LogP contribution is -2.28. The number of aryl methyl sites for hydroxylation is 3. The molecule has 1 saturated heterocycles. The molecule has 1 atom stereocenters. The van der Waals surface area contributed by atoms with E-state index in [4.69, 9.17) is 4.74 Å². The standard InChI is InChI=1S/C24H23NO4S2/c1-13-7-9-31-23(13)20-19(21(26)17-10-15(3)18(29-4)11-14(17)2)22(27)24(28)25(20)12-16-6-5-8-30-16/h5-11,20,26H,12H2,1-4H3/b21-19+. The van der Waals surface area contributed by atoms with Gasteiger partial charge in [-0.15, -0.1) is 22.7 Å². The van der Waals surface area contributed by atoms with Crippen molar-refractivity contribution in [1.82, 2.24) is 4.90 Å². The summed E-state index contributed by atoms with van der Waals surface area (Å²) >= 11 is 3.03. The summed E-state index contributed by atoms with van der Waals surface area (Å²) < 4.78 is 5.37. The van der Waals surface area contributed by atoms with E-state index in [2.05, 4.69) is 0 Å². The fourth-order valence-electron chi connectivity index (χ4n) is 3.96. The van der Waals surface area contributed by atoms with E-state index in [0.29, 0.717) is 17.9 Å².